The molecule has 1 fully saturated rings. The molecule has 0 spiro atoms. The van der Waals surface area contributed by atoms with Crippen molar-refractivity contribution in [3.63, 3.8) is 0 Å². The molecule has 1 aliphatic heterocycles. The number of hydrogen-bond acceptors (Lipinski definition) is 3. The third-order valence-electron chi connectivity index (χ3n) is 2.62. The van der Waals surface area contributed by atoms with E-state index in [1.165, 1.54) is 0 Å². The summed E-state index contributed by atoms with van der Waals surface area (Å²) in [5.41, 5.74) is 1.11. The van der Waals surface area contributed by atoms with Crippen LogP contribution in [0.5, 0.6) is 0 Å². The molecule has 0 unspecified atom stereocenters. The number of aromatic nitrogens is 1. The highest BCUT2D eigenvalue weighted by Crippen LogP contribution is 2.17. The van der Waals surface area contributed by atoms with E-state index in [1.54, 1.807) is 0 Å². The summed E-state index contributed by atoms with van der Waals surface area (Å²) in [5.74, 6) is 0. The predicted octanol–water partition coefficient (Wildman–Crippen LogP) is 1.69. The van der Waals surface area contributed by atoms with Gasteiger partial charge in [-0.05, 0) is 26.0 Å². The third kappa shape index (κ3) is 3.01. The van der Waals surface area contributed by atoms with Gasteiger partial charge >= 0.3 is 0 Å². The molecule has 2 rings (SSSR count). The van der Waals surface area contributed by atoms with Gasteiger partial charge in [0.25, 0.3) is 0 Å². The first kappa shape index (κ1) is 10.6. The molecule has 82 valence electrons. The largest absolute Gasteiger partial charge is 0.373 e. The van der Waals surface area contributed by atoms with E-state index in [2.05, 4.69) is 29.8 Å². The van der Waals surface area contributed by atoms with Crippen molar-refractivity contribution in [2.75, 3.05) is 19.7 Å². The van der Waals surface area contributed by atoms with Gasteiger partial charge in [0.05, 0.1) is 17.9 Å². The number of nitrogens with zero attached hydrogens (tertiary/aromatic N) is 2. The Morgan fingerprint density at radius 2 is 2.33 bits per heavy atom. The van der Waals surface area contributed by atoms with Crippen LogP contribution in [-0.4, -0.2) is 35.2 Å². The molecule has 0 aromatic carbocycles. The van der Waals surface area contributed by atoms with Crippen LogP contribution in [0.4, 0.5) is 0 Å². The van der Waals surface area contributed by atoms with E-state index in [0.717, 1.165) is 31.9 Å². The Kier molecular flexibility index (Phi) is 3.03. The molecular formula is C12H18N2O. The van der Waals surface area contributed by atoms with Crippen LogP contribution < -0.4 is 0 Å². The molecule has 1 aromatic rings. The lowest BCUT2D eigenvalue weighted by atomic mass is 10.1. The van der Waals surface area contributed by atoms with Crippen LogP contribution in [0.15, 0.2) is 24.4 Å². The summed E-state index contributed by atoms with van der Waals surface area (Å²) in [5, 5.41) is 0. The summed E-state index contributed by atoms with van der Waals surface area (Å²) in [6, 6.07) is 6.06. The van der Waals surface area contributed by atoms with Gasteiger partial charge in [0.2, 0.25) is 0 Å². The zero-order valence-corrected chi connectivity index (χ0v) is 9.44. The first-order chi connectivity index (χ1) is 7.16. The fourth-order valence-electron chi connectivity index (χ4n) is 1.97. The van der Waals surface area contributed by atoms with Gasteiger partial charge in [-0.25, -0.2) is 0 Å². The molecule has 0 saturated carbocycles. The zero-order valence-electron chi connectivity index (χ0n) is 9.44. The number of ether oxygens (including phenoxy) is 1. The van der Waals surface area contributed by atoms with Crippen LogP contribution in [0.1, 0.15) is 19.5 Å². The Labute approximate surface area is 91.1 Å². The van der Waals surface area contributed by atoms with E-state index >= 15 is 0 Å². The summed E-state index contributed by atoms with van der Waals surface area (Å²) in [7, 11) is 0. The van der Waals surface area contributed by atoms with Crippen LogP contribution in [0.3, 0.4) is 0 Å². The molecule has 15 heavy (non-hydrogen) atoms. The molecule has 0 aliphatic carbocycles. The van der Waals surface area contributed by atoms with Crippen LogP contribution >= 0.6 is 0 Å². The van der Waals surface area contributed by atoms with Crippen molar-refractivity contribution in [3.05, 3.63) is 30.1 Å². The van der Waals surface area contributed by atoms with Gasteiger partial charge in [0.1, 0.15) is 0 Å². The van der Waals surface area contributed by atoms with Crippen LogP contribution in [0, 0.1) is 0 Å². The molecule has 0 atom stereocenters. The monoisotopic (exact) mass is 206 g/mol. The average molecular weight is 206 g/mol. The van der Waals surface area contributed by atoms with Gasteiger partial charge < -0.3 is 4.74 Å². The molecule has 3 nitrogen and oxygen atoms in total. The summed E-state index contributed by atoms with van der Waals surface area (Å²) in [4.78, 5) is 6.73. The van der Waals surface area contributed by atoms with Crippen molar-refractivity contribution in [1.29, 1.82) is 0 Å². The minimum absolute atomic E-state index is 0.0208. The molecule has 3 heteroatoms. The minimum atomic E-state index is -0.0208. The molecule has 1 aromatic heterocycles. The van der Waals surface area contributed by atoms with E-state index in [-0.39, 0.29) is 5.60 Å². The fourth-order valence-corrected chi connectivity index (χ4v) is 1.97. The molecule has 0 bridgehead atoms. The topological polar surface area (TPSA) is 25.4 Å². The molecule has 1 aliphatic rings. The van der Waals surface area contributed by atoms with E-state index in [0.29, 0.717) is 0 Å². The maximum absolute atomic E-state index is 5.67. The second kappa shape index (κ2) is 4.29. The Morgan fingerprint density at radius 3 is 3.00 bits per heavy atom. The number of hydrogen-bond donors (Lipinski definition) is 0. The lowest BCUT2D eigenvalue weighted by Crippen LogP contribution is -2.47. The van der Waals surface area contributed by atoms with Gasteiger partial charge in [-0.2, -0.15) is 0 Å². The Hall–Kier alpha value is -0.930. The average Bonchev–Trinajstić information content (AvgIpc) is 2.17. The van der Waals surface area contributed by atoms with Gasteiger partial charge in [-0.15, -0.1) is 0 Å². The fraction of sp³-hybridized carbons (Fsp3) is 0.583. The van der Waals surface area contributed by atoms with Crippen LogP contribution in [0.25, 0.3) is 0 Å². The number of pyridine rings is 1. The zero-order chi connectivity index (χ0) is 10.7. The van der Waals surface area contributed by atoms with E-state index in [4.69, 9.17) is 4.74 Å². The predicted molar refractivity (Wildman–Crippen MR) is 59.5 cm³/mol. The first-order valence-electron chi connectivity index (χ1n) is 5.42. The maximum atomic E-state index is 5.67. The van der Waals surface area contributed by atoms with Crippen molar-refractivity contribution >= 4 is 0 Å². The minimum Gasteiger partial charge on any atom is -0.373 e. The normalized spacial score (nSPS) is 21.5. The highest BCUT2D eigenvalue weighted by molar-refractivity contribution is 5.03. The number of morpholine rings is 1. The van der Waals surface area contributed by atoms with E-state index in [1.807, 2.05) is 18.3 Å². The highest BCUT2D eigenvalue weighted by Gasteiger charge is 2.26. The molecule has 1 saturated heterocycles. The summed E-state index contributed by atoms with van der Waals surface area (Å²) >= 11 is 0. The Morgan fingerprint density at radius 1 is 1.47 bits per heavy atom. The van der Waals surface area contributed by atoms with E-state index < -0.39 is 0 Å². The molecule has 0 amide bonds. The highest BCUT2D eigenvalue weighted by atomic mass is 16.5. The lowest BCUT2D eigenvalue weighted by Gasteiger charge is -2.37. The van der Waals surface area contributed by atoms with Crippen LogP contribution in [0.2, 0.25) is 0 Å². The summed E-state index contributed by atoms with van der Waals surface area (Å²) in [6.45, 7) is 7.99. The van der Waals surface area contributed by atoms with Gasteiger partial charge in [0.15, 0.2) is 0 Å². The summed E-state index contributed by atoms with van der Waals surface area (Å²) < 4.78 is 5.67. The molecule has 0 radical (unpaired) electrons. The van der Waals surface area contributed by atoms with Crippen molar-refractivity contribution in [2.45, 2.75) is 26.0 Å². The van der Waals surface area contributed by atoms with Crippen LogP contribution in [-0.2, 0) is 11.3 Å². The maximum Gasteiger partial charge on any atom is 0.0753 e. The van der Waals surface area contributed by atoms with E-state index in [9.17, 15) is 0 Å². The van der Waals surface area contributed by atoms with Gasteiger partial charge in [0, 0.05) is 25.8 Å². The Bertz CT molecular complexity index is 311. The standard InChI is InChI=1S/C12H18N2O/c1-12(2)10-14(7-8-15-12)9-11-5-3-4-6-13-11/h3-6H,7-10H2,1-2H3. The number of rotatable bonds is 2. The smallest absolute Gasteiger partial charge is 0.0753 e. The second-order valence-corrected chi connectivity index (χ2v) is 4.64. The lowest BCUT2D eigenvalue weighted by molar-refractivity contribution is -0.0885. The van der Waals surface area contributed by atoms with Gasteiger partial charge in [-0.3, -0.25) is 9.88 Å². The SMILES string of the molecule is CC1(C)CN(Cc2ccccn2)CCO1. The molecule has 2 heterocycles. The van der Waals surface area contributed by atoms with Crippen molar-refractivity contribution in [1.82, 2.24) is 9.88 Å². The molecular weight excluding hydrogens is 188 g/mol. The van der Waals surface area contributed by atoms with Gasteiger partial charge in [-0.1, -0.05) is 6.07 Å². The Balaban J connectivity index is 1.95. The molecule has 0 N–H and O–H groups in total. The quantitative estimate of drug-likeness (QED) is 0.736. The van der Waals surface area contributed by atoms with Crippen molar-refractivity contribution in [3.8, 4) is 0 Å². The first-order valence-corrected chi connectivity index (χ1v) is 5.42. The van der Waals surface area contributed by atoms with Crippen molar-refractivity contribution in [2.24, 2.45) is 0 Å². The van der Waals surface area contributed by atoms with Crippen molar-refractivity contribution < 1.29 is 4.74 Å². The second-order valence-electron chi connectivity index (χ2n) is 4.64. The third-order valence-corrected chi connectivity index (χ3v) is 2.62. The summed E-state index contributed by atoms with van der Waals surface area (Å²) in [6.07, 6.45) is 1.85.